The van der Waals surface area contributed by atoms with Crippen LogP contribution in [-0.4, -0.2) is 35.6 Å². The SMILES string of the molecule is C[Si](C)(C)c1cc(-c2cccc3c2C=C[CH]3[Hf]([CH3])([CH3])(=[C]2CCCCC2)[CH]2C=Cc3c(-c4cc([Si](C)(C)C)cc([Si](C)(C)C)c4)cccc32)cc([Si](C)(C)C)c1. The summed E-state index contributed by atoms with van der Waals surface area (Å²) >= 11 is -4.10. The van der Waals surface area contributed by atoms with Crippen molar-refractivity contribution in [3.63, 3.8) is 0 Å². The van der Waals surface area contributed by atoms with Gasteiger partial charge in [-0.2, -0.15) is 0 Å². The molecule has 0 bridgehead atoms. The number of hydrogen-bond acceptors (Lipinski definition) is 0. The Morgan fingerprint density at radius 2 is 0.800 bits per heavy atom. The molecular formula is C50H70HfSi4. The van der Waals surface area contributed by atoms with E-state index in [0.717, 1.165) is 0 Å². The minimum atomic E-state index is -4.10. The third kappa shape index (κ3) is 7.45. The van der Waals surface area contributed by atoms with E-state index in [1.807, 2.05) is 3.26 Å². The van der Waals surface area contributed by atoms with Gasteiger partial charge in [0.05, 0.1) is 0 Å². The first-order valence-corrected chi connectivity index (χ1v) is 48.6. The Kier molecular flexibility index (Phi) is 10.5. The molecule has 1 fully saturated rings. The Morgan fingerprint density at radius 1 is 0.455 bits per heavy atom. The molecular weight excluding hydrogens is 891 g/mol. The molecule has 290 valence electrons. The molecule has 0 N–H and O–H groups in total. The van der Waals surface area contributed by atoms with Crippen molar-refractivity contribution in [2.75, 3.05) is 0 Å². The molecule has 1 saturated carbocycles. The number of allylic oxidation sites excluding steroid dienone is 2. The van der Waals surface area contributed by atoms with Gasteiger partial charge in [0.25, 0.3) is 0 Å². The quantitative estimate of drug-likeness (QED) is 0.154. The number of rotatable bonds is 8. The fraction of sp³-hybridized carbons (Fsp3) is 0.420. The van der Waals surface area contributed by atoms with Gasteiger partial charge in [-0.15, -0.1) is 0 Å². The van der Waals surface area contributed by atoms with Gasteiger partial charge in [0.2, 0.25) is 0 Å². The Hall–Kier alpha value is -2.03. The minimum absolute atomic E-state index is 0.509. The number of benzene rings is 4. The summed E-state index contributed by atoms with van der Waals surface area (Å²) in [6, 6.07) is 30.3. The van der Waals surface area contributed by atoms with Crippen molar-refractivity contribution in [1.82, 2.24) is 0 Å². The van der Waals surface area contributed by atoms with Gasteiger partial charge < -0.3 is 0 Å². The van der Waals surface area contributed by atoms with E-state index >= 15 is 0 Å². The van der Waals surface area contributed by atoms with Gasteiger partial charge in [-0.1, -0.05) is 0 Å². The molecule has 0 nitrogen and oxygen atoms in total. The van der Waals surface area contributed by atoms with Crippen molar-refractivity contribution in [3.05, 3.63) is 107 Å². The zero-order valence-electron chi connectivity index (χ0n) is 36.9. The average Bonchev–Trinajstić information content (AvgIpc) is 3.77. The number of hydrogen-bond donors (Lipinski definition) is 0. The predicted molar refractivity (Wildman–Crippen MR) is 259 cm³/mol. The molecule has 0 aliphatic heterocycles. The van der Waals surface area contributed by atoms with E-state index in [-0.39, 0.29) is 0 Å². The van der Waals surface area contributed by atoms with Gasteiger partial charge in [0, 0.05) is 0 Å². The molecule has 0 saturated heterocycles. The predicted octanol–water partition coefficient (Wildman–Crippen LogP) is 13.0. The van der Waals surface area contributed by atoms with E-state index in [2.05, 4.69) is 185 Å². The monoisotopic (exact) mass is 962 g/mol. The zero-order valence-corrected chi connectivity index (χ0v) is 44.5. The Bertz CT molecular complexity index is 2080. The van der Waals surface area contributed by atoms with E-state index in [0.29, 0.717) is 7.35 Å². The molecule has 0 amide bonds. The first-order valence-electron chi connectivity index (χ1n) is 21.5. The molecule has 4 aromatic carbocycles. The van der Waals surface area contributed by atoms with Crippen LogP contribution in [0.5, 0.6) is 0 Å². The first kappa shape index (κ1) is 41.1. The van der Waals surface area contributed by atoms with Crippen LogP contribution in [0.4, 0.5) is 0 Å². The van der Waals surface area contributed by atoms with Crippen LogP contribution in [-0.2, 0) is 18.0 Å². The van der Waals surface area contributed by atoms with E-state index < -0.39 is 50.3 Å². The van der Waals surface area contributed by atoms with E-state index in [4.69, 9.17) is 0 Å². The Labute approximate surface area is 340 Å². The van der Waals surface area contributed by atoms with E-state index in [9.17, 15) is 0 Å². The third-order valence-corrected chi connectivity index (χ3v) is 49.6. The summed E-state index contributed by atoms with van der Waals surface area (Å²) in [4.78, 5) is 0. The fourth-order valence-corrected chi connectivity index (χ4v) is 40.5. The molecule has 3 aliphatic rings. The van der Waals surface area contributed by atoms with Crippen LogP contribution in [0.25, 0.3) is 34.4 Å². The summed E-state index contributed by atoms with van der Waals surface area (Å²) in [5, 5.41) is 6.40. The van der Waals surface area contributed by atoms with Crippen LogP contribution >= 0.6 is 0 Å². The van der Waals surface area contributed by atoms with Crippen LogP contribution < -0.4 is 20.7 Å². The van der Waals surface area contributed by atoms with Gasteiger partial charge in [0.1, 0.15) is 0 Å². The summed E-state index contributed by atoms with van der Waals surface area (Å²) in [5.74, 6) is 0. The molecule has 0 radical (unpaired) electrons. The zero-order chi connectivity index (χ0) is 40.0. The van der Waals surface area contributed by atoms with Crippen molar-refractivity contribution >= 4 is 68.4 Å². The van der Waals surface area contributed by atoms with Crippen LogP contribution in [0, 0.1) is 0 Å². The van der Waals surface area contributed by atoms with Crippen molar-refractivity contribution in [2.45, 2.75) is 127 Å². The first-order chi connectivity index (χ1) is 25.5. The van der Waals surface area contributed by atoms with Crippen LogP contribution in [0.1, 0.15) is 61.7 Å². The molecule has 0 heterocycles. The topological polar surface area (TPSA) is 0 Å². The van der Waals surface area contributed by atoms with Crippen molar-refractivity contribution in [1.29, 1.82) is 0 Å². The molecule has 55 heavy (non-hydrogen) atoms. The summed E-state index contributed by atoms with van der Waals surface area (Å²) in [5.41, 5.74) is 12.0. The maximum atomic E-state index is 2.90. The normalized spacial score (nSPS) is 19.2. The van der Waals surface area contributed by atoms with Crippen LogP contribution in [0.3, 0.4) is 0 Å². The molecule has 4 aromatic rings. The molecule has 0 spiro atoms. The van der Waals surface area contributed by atoms with E-state index in [1.54, 1.807) is 31.9 Å². The Balaban J connectivity index is 1.41. The summed E-state index contributed by atoms with van der Waals surface area (Å²) in [6.45, 7) is 30.2. The molecule has 2 atom stereocenters. The summed E-state index contributed by atoms with van der Waals surface area (Å²) < 4.78 is 8.81. The van der Waals surface area contributed by atoms with Crippen molar-refractivity contribution in [3.8, 4) is 22.3 Å². The number of fused-ring (bicyclic) bond motifs is 2. The van der Waals surface area contributed by atoms with Crippen molar-refractivity contribution < 1.29 is 18.0 Å². The fourth-order valence-electron chi connectivity index (χ4n) is 10.4. The standard InChI is InChI=1S/2C21H27Si2.C6H10.2CH3.Hf/c2*1-22(2,3)18-13-17(14-19(15-18)23(4,5)6)21-12-8-10-16-9-7-11-20(16)21;1-2-4-6-5-3-1;;;/h2*7-15H,1-6H3;1-5H2;2*1H3;. The van der Waals surface area contributed by atoms with Gasteiger partial charge in [-0.3, -0.25) is 0 Å². The third-order valence-electron chi connectivity index (χ3n) is 14.3. The van der Waals surface area contributed by atoms with Crippen LogP contribution in [0.15, 0.2) is 84.9 Å². The molecule has 5 heteroatoms. The van der Waals surface area contributed by atoms with E-state index in [1.165, 1.54) is 65.5 Å². The van der Waals surface area contributed by atoms with Gasteiger partial charge in [-0.25, -0.2) is 0 Å². The average molecular weight is 962 g/mol. The van der Waals surface area contributed by atoms with Crippen LogP contribution in [0.2, 0.25) is 87.9 Å². The second-order valence-corrected chi connectivity index (χ2v) is 68.7. The molecule has 2 unspecified atom stereocenters. The second-order valence-electron chi connectivity index (χ2n) is 22.7. The van der Waals surface area contributed by atoms with Gasteiger partial charge in [-0.05, 0) is 0 Å². The maximum absolute atomic E-state index is 4.10. The van der Waals surface area contributed by atoms with Gasteiger partial charge >= 0.3 is 343 Å². The summed E-state index contributed by atoms with van der Waals surface area (Å²) in [7, 11) is -6.04. The molecule has 7 rings (SSSR count). The second kappa shape index (κ2) is 14.1. The van der Waals surface area contributed by atoms with Gasteiger partial charge in [0.15, 0.2) is 0 Å². The van der Waals surface area contributed by atoms with Crippen molar-refractivity contribution in [2.24, 2.45) is 0 Å². The Morgan fingerprint density at radius 3 is 1.13 bits per heavy atom. The summed E-state index contributed by atoms with van der Waals surface area (Å²) in [6.07, 6.45) is 17.4. The molecule has 0 aromatic heterocycles. The molecule has 3 aliphatic carbocycles.